The second-order valence-corrected chi connectivity index (χ2v) is 1.04. The highest BCUT2D eigenvalue weighted by Gasteiger charge is 1.62. The standard InChI is InChI=1S/C6H7FO/c7-5-3-1-2-4-6-8/h1,3,8H,5-6H2/b3-1+. The maximum Gasteiger partial charge on any atom is 0.109 e. The number of rotatable bonds is 1. The summed E-state index contributed by atoms with van der Waals surface area (Å²) in [6, 6.07) is 0. The third-order valence-corrected chi connectivity index (χ3v) is 0.471. The fourth-order valence-electron chi connectivity index (χ4n) is 0.208. The molecule has 1 N–H and O–H groups in total. The van der Waals surface area contributed by atoms with Crippen LogP contribution in [-0.2, 0) is 0 Å². The van der Waals surface area contributed by atoms with Crippen LogP contribution in [-0.4, -0.2) is 18.4 Å². The second kappa shape index (κ2) is 6.19. The molecule has 0 aliphatic heterocycles. The molecule has 0 aliphatic rings. The zero-order valence-corrected chi connectivity index (χ0v) is 4.39. The molecule has 0 saturated carbocycles. The predicted octanol–water partition coefficient (Wildman–Crippen LogP) is 0.508. The Morgan fingerprint density at radius 2 is 2.38 bits per heavy atom. The maximum atomic E-state index is 11.2. The minimum atomic E-state index is -0.500. The van der Waals surface area contributed by atoms with E-state index in [0.29, 0.717) is 0 Å². The lowest BCUT2D eigenvalue weighted by Crippen LogP contribution is -1.68. The number of aliphatic hydroxyl groups is 1. The van der Waals surface area contributed by atoms with E-state index in [1.54, 1.807) is 0 Å². The molecule has 1 nitrogen and oxygen atoms in total. The molecule has 0 spiro atoms. The van der Waals surface area contributed by atoms with E-state index in [-0.39, 0.29) is 6.61 Å². The van der Waals surface area contributed by atoms with Crippen molar-refractivity contribution in [1.82, 2.24) is 0 Å². The Bertz CT molecular complexity index is 118. The molecular formula is C6H7FO. The van der Waals surface area contributed by atoms with Crippen LogP contribution in [0.1, 0.15) is 0 Å². The highest BCUT2D eigenvalue weighted by atomic mass is 19.1. The van der Waals surface area contributed by atoms with E-state index in [1.807, 2.05) is 0 Å². The van der Waals surface area contributed by atoms with Crippen LogP contribution < -0.4 is 0 Å². The summed E-state index contributed by atoms with van der Waals surface area (Å²) in [5.74, 6) is 4.75. The van der Waals surface area contributed by atoms with E-state index >= 15 is 0 Å². The highest BCUT2D eigenvalue weighted by Crippen LogP contribution is 1.69. The lowest BCUT2D eigenvalue weighted by atomic mass is 10.5. The van der Waals surface area contributed by atoms with E-state index in [0.717, 1.165) is 0 Å². The van der Waals surface area contributed by atoms with Gasteiger partial charge in [-0.1, -0.05) is 11.8 Å². The predicted molar refractivity (Wildman–Crippen MR) is 30.0 cm³/mol. The van der Waals surface area contributed by atoms with E-state index in [1.165, 1.54) is 12.2 Å². The SMILES string of the molecule is OCC#C/C=C/CF. The summed E-state index contributed by atoms with van der Waals surface area (Å²) in [6.07, 6.45) is 2.65. The number of allylic oxidation sites excluding steroid dienone is 2. The maximum absolute atomic E-state index is 11.2. The molecule has 0 amide bonds. The van der Waals surface area contributed by atoms with Crippen LogP contribution in [0.2, 0.25) is 0 Å². The Morgan fingerprint density at radius 1 is 1.62 bits per heavy atom. The molecule has 0 fully saturated rings. The Morgan fingerprint density at radius 3 is 2.88 bits per heavy atom. The van der Waals surface area contributed by atoms with Crippen LogP contribution in [0.5, 0.6) is 0 Å². The van der Waals surface area contributed by atoms with Gasteiger partial charge in [-0.2, -0.15) is 0 Å². The van der Waals surface area contributed by atoms with Crippen molar-refractivity contribution < 1.29 is 9.50 Å². The van der Waals surface area contributed by atoms with Crippen LogP contribution in [0.25, 0.3) is 0 Å². The highest BCUT2D eigenvalue weighted by molar-refractivity contribution is 5.15. The molecule has 2 heteroatoms. The summed E-state index contributed by atoms with van der Waals surface area (Å²) >= 11 is 0. The third-order valence-electron chi connectivity index (χ3n) is 0.471. The molecule has 44 valence electrons. The fraction of sp³-hybridized carbons (Fsp3) is 0.333. The Labute approximate surface area is 47.8 Å². The van der Waals surface area contributed by atoms with E-state index in [4.69, 9.17) is 5.11 Å². The van der Waals surface area contributed by atoms with Gasteiger partial charge in [0.15, 0.2) is 0 Å². The van der Waals surface area contributed by atoms with Crippen molar-refractivity contribution in [2.45, 2.75) is 0 Å². The van der Waals surface area contributed by atoms with Gasteiger partial charge in [0.25, 0.3) is 0 Å². The van der Waals surface area contributed by atoms with Crippen molar-refractivity contribution >= 4 is 0 Å². The molecule has 0 atom stereocenters. The number of aliphatic hydroxyl groups excluding tert-OH is 1. The summed E-state index contributed by atoms with van der Waals surface area (Å²) in [5.41, 5.74) is 0. The lowest BCUT2D eigenvalue weighted by molar-refractivity contribution is 0.350. The van der Waals surface area contributed by atoms with Gasteiger partial charge in [-0.25, -0.2) is 4.39 Å². The summed E-state index contributed by atoms with van der Waals surface area (Å²) in [6.45, 7) is -0.670. The van der Waals surface area contributed by atoms with Crippen LogP contribution in [0.4, 0.5) is 4.39 Å². The van der Waals surface area contributed by atoms with Gasteiger partial charge >= 0.3 is 0 Å². The minimum absolute atomic E-state index is 0.170. The van der Waals surface area contributed by atoms with Gasteiger partial charge in [-0.05, 0) is 12.2 Å². The van der Waals surface area contributed by atoms with Crippen LogP contribution in [0, 0.1) is 11.8 Å². The van der Waals surface area contributed by atoms with Crippen molar-refractivity contribution in [1.29, 1.82) is 0 Å². The summed E-state index contributed by atoms with van der Waals surface area (Å²) < 4.78 is 11.2. The molecular weight excluding hydrogens is 107 g/mol. The first-order valence-corrected chi connectivity index (χ1v) is 2.22. The molecule has 0 aromatic rings. The number of hydrogen-bond acceptors (Lipinski definition) is 1. The summed E-state index contributed by atoms with van der Waals surface area (Å²) in [4.78, 5) is 0. The van der Waals surface area contributed by atoms with Crippen molar-refractivity contribution in [2.24, 2.45) is 0 Å². The van der Waals surface area contributed by atoms with Gasteiger partial charge < -0.3 is 5.11 Å². The molecule has 0 saturated heterocycles. The fourth-order valence-corrected chi connectivity index (χ4v) is 0.208. The first-order valence-electron chi connectivity index (χ1n) is 2.22. The van der Waals surface area contributed by atoms with Crippen LogP contribution >= 0.6 is 0 Å². The molecule has 0 rings (SSSR count). The van der Waals surface area contributed by atoms with Crippen molar-refractivity contribution in [3.63, 3.8) is 0 Å². The van der Waals surface area contributed by atoms with Gasteiger partial charge in [0, 0.05) is 0 Å². The first-order chi connectivity index (χ1) is 3.91. The number of halogens is 1. The third kappa shape index (κ3) is 5.19. The Kier molecular flexibility index (Phi) is 5.56. The molecule has 0 aromatic heterocycles. The van der Waals surface area contributed by atoms with Gasteiger partial charge in [0.2, 0.25) is 0 Å². The number of hydrogen-bond donors (Lipinski definition) is 1. The lowest BCUT2D eigenvalue weighted by Gasteiger charge is -1.67. The largest absolute Gasteiger partial charge is 0.384 e. The van der Waals surface area contributed by atoms with Gasteiger partial charge in [0.05, 0.1) is 0 Å². The summed E-state index contributed by atoms with van der Waals surface area (Å²) in [7, 11) is 0. The zero-order valence-electron chi connectivity index (χ0n) is 4.39. The molecule has 0 aromatic carbocycles. The Hall–Kier alpha value is -0.810. The quantitative estimate of drug-likeness (QED) is 0.492. The first kappa shape index (κ1) is 7.19. The monoisotopic (exact) mass is 114 g/mol. The van der Waals surface area contributed by atoms with Crippen LogP contribution in [0.15, 0.2) is 12.2 Å². The van der Waals surface area contributed by atoms with Crippen molar-refractivity contribution in [3.8, 4) is 11.8 Å². The topological polar surface area (TPSA) is 20.2 Å². The normalized spacial score (nSPS) is 8.75. The average molecular weight is 114 g/mol. The van der Waals surface area contributed by atoms with E-state index in [2.05, 4.69) is 11.8 Å². The van der Waals surface area contributed by atoms with Crippen molar-refractivity contribution in [2.75, 3.05) is 13.3 Å². The van der Waals surface area contributed by atoms with Crippen LogP contribution in [0.3, 0.4) is 0 Å². The van der Waals surface area contributed by atoms with E-state index < -0.39 is 6.67 Å². The molecule has 0 bridgehead atoms. The Balaban J connectivity index is 3.26. The second-order valence-electron chi connectivity index (χ2n) is 1.04. The number of alkyl halides is 1. The molecule has 0 radical (unpaired) electrons. The van der Waals surface area contributed by atoms with Gasteiger partial charge in [0.1, 0.15) is 13.3 Å². The smallest absolute Gasteiger partial charge is 0.109 e. The molecule has 8 heavy (non-hydrogen) atoms. The van der Waals surface area contributed by atoms with Gasteiger partial charge in [-0.15, -0.1) is 0 Å². The molecule has 0 heterocycles. The molecule has 0 aliphatic carbocycles. The van der Waals surface area contributed by atoms with Crippen molar-refractivity contribution in [3.05, 3.63) is 12.2 Å². The van der Waals surface area contributed by atoms with Gasteiger partial charge in [-0.3, -0.25) is 0 Å². The average Bonchev–Trinajstić information content (AvgIpc) is 1.81. The minimum Gasteiger partial charge on any atom is -0.384 e. The van der Waals surface area contributed by atoms with E-state index in [9.17, 15) is 4.39 Å². The zero-order chi connectivity index (χ0) is 6.24. The summed E-state index contributed by atoms with van der Waals surface area (Å²) in [5, 5.41) is 8.06. The molecule has 0 unspecified atom stereocenters.